The molecule has 6 heteroatoms. The molecule has 0 unspecified atom stereocenters. The van der Waals surface area contributed by atoms with Crippen LogP contribution in [0.4, 0.5) is 4.39 Å². The Kier molecular flexibility index (Phi) is 3.99. The quantitative estimate of drug-likeness (QED) is 0.534. The minimum atomic E-state index is -0.284. The van der Waals surface area contributed by atoms with E-state index in [4.69, 9.17) is 11.6 Å². The molecule has 2 aromatic heterocycles. The number of H-pyrrole nitrogens is 2. The summed E-state index contributed by atoms with van der Waals surface area (Å²) in [7, 11) is 0. The highest BCUT2D eigenvalue weighted by Gasteiger charge is 2.34. The number of halogens is 2. The zero-order valence-electron chi connectivity index (χ0n) is 14.5. The number of nitrogens with one attached hydrogen (secondary N) is 2. The summed E-state index contributed by atoms with van der Waals surface area (Å²) in [6.07, 6.45) is 2.63. The highest BCUT2D eigenvalue weighted by molar-refractivity contribution is 6.31. The zero-order chi connectivity index (χ0) is 18.4. The molecule has 0 fully saturated rings. The van der Waals surface area contributed by atoms with Crippen molar-refractivity contribution in [2.24, 2.45) is 0 Å². The van der Waals surface area contributed by atoms with Crippen LogP contribution in [0, 0.1) is 5.82 Å². The van der Waals surface area contributed by atoms with Crippen LogP contribution in [0.25, 0.3) is 10.9 Å². The summed E-state index contributed by atoms with van der Waals surface area (Å²) in [4.78, 5) is 5.78. The molecule has 4 aromatic rings. The van der Waals surface area contributed by atoms with Crippen molar-refractivity contribution in [3.05, 3.63) is 88.1 Å². The highest BCUT2D eigenvalue weighted by atomic mass is 35.5. The molecule has 0 saturated carbocycles. The summed E-state index contributed by atoms with van der Waals surface area (Å²) in [5.41, 5.74) is 4.85. The summed E-state index contributed by atoms with van der Waals surface area (Å²) in [6.45, 7) is 1.45. The van der Waals surface area contributed by atoms with Gasteiger partial charge in [-0.2, -0.15) is 5.10 Å². The molecule has 136 valence electrons. The largest absolute Gasteiger partial charge is 0.357 e. The Morgan fingerprint density at radius 2 is 2.04 bits per heavy atom. The number of aromatic amines is 2. The first-order valence-electron chi connectivity index (χ1n) is 8.98. The molecule has 1 atom stereocenters. The van der Waals surface area contributed by atoms with E-state index in [0.717, 1.165) is 29.9 Å². The first-order chi connectivity index (χ1) is 13.2. The third kappa shape index (κ3) is 2.74. The monoisotopic (exact) mass is 380 g/mol. The molecular formula is C21H18ClFN4. The number of rotatable bonds is 3. The first kappa shape index (κ1) is 16.5. The van der Waals surface area contributed by atoms with E-state index in [-0.39, 0.29) is 11.9 Å². The maximum Gasteiger partial charge on any atom is 0.129 e. The fourth-order valence-corrected chi connectivity index (χ4v) is 4.42. The van der Waals surface area contributed by atoms with Crippen LogP contribution in [0.3, 0.4) is 0 Å². The predicted molar refractivity (Wildman–Crippen MR) is 104 cm³/mol. The Hall–Kier alpha value is -2.63. The number of fused-ring (bicyclic) bond motifs is 3. The molecule has 1 aliphatic rings. The van der Waals surface area contributed by atoms with E-state index >= 15 is 0 Å². The molecule has 5 rings (SSSR count). The molecule has 4 nitrogen and oxygen atoms in total. The van der Waals surface area contributed by atoms with Gasteiger partial charge in [-0.15, -0.1) is 0 Å². The van der Waals surface area contributed by atoms with Gasteiger partial charge in [0.15, 0.2) is 0 Å². The summed E-state index contributed by atoms with van der Waals surface area (Å²) < 4.78 is 14.9. The van der Waals surface area contributed by atoms with Crippen molar-refractivity contribution in [3.8, 4) is 0 Å². The van der Waals surface area contributed by atoms with Crippen LogP contribution in [0.1, 0.15) is 28.6 Å². The number of nitrogens with zero attached hydrogens (tertiary/aromatic N) is 2. The van der Waals surface area contributed by atoms with Crippen LogP contribution in [0.5, 0.6) is 0 Å². The molecule has 0 bridgehead atoms. The van der Waals surface area contributed by atoms with Gasteiger partial charge in [-0.05, 0) is 36.2 Å². The lowest BCUT2D eigenvalue weighted by Crippen LogP contribution is -2.36. The van der Waals surface area contributed by atoms with Gasteiger partial charge in [-0.25, -0.2) is 4.39 Å². The summed E-state index contributed by atoms with van der Waals surface area (Å²) in [5, 5.41) is 8.69. The van der Waals surface area contributed by atoms with E-state index in [1.54, 1.807) is 18.3 Å². The molecule has 0 saturated heterocycles. The fourth-order valence-electron chi connectivity index (χ4n) is 4.15. The average Bonchev–Trinajstić information content (AvgIpc) is 3.30. The molecule has 0 amide bonds. The van der Waals surface area contributed by atoms with E-state index in [9.17, 15) is 4.39 Å². The molecule has 0 aliphatic carbocycles. The van der Waals surface area contributed by atoms with Gasteiger partial charge >= 0.3 is 0 Å². The van der Waals surface area contributed by atoms with Crippen molar-refractivity contribution >= 4 is 22.5 Å². The molecule has 3 heterocycles. The number of para-hydroxylation sites is 1. The minimum absolute atomic E-state index is 0.279. The Morgan fingerprint density at radius 3 is 2.85 bits per heavy atom. The SMILES string of the molecule is Fc1cccc(Cl)c1[C@H]1c2[nH]c3ccccc3c2CCN1Cc1ccn[nH]1. The van der Waals surface area contributed by atoms with Gasteiger partial charge in [0, 0.05) is 52.2 Å². The topological polar surface area (TPSA) is 47.7 Å². The van der Waals surface area contributed by atoms with E-state index in [0.29, 0.717) is 17.1 Å². The fraction of sp³-hybridized carbons (Fsp3) is 0.190. The Labute approximate surface area is 161 Å². The molecule has 27 heavy (non-hydrogen) atoms. The molecule has 1 aliphatic heterocycles. The van der Waals surface area contributed by atoms with Crippen LogP contribution < -0.4 is 0 Å². The minimum Gasteiger partial charge on any atom is -0.357 e. The van der Waals surface area contributed by atoms with E-state index in [1.165, 1.54) is 17.0 Å². The summed E-state index contributed by atoms with van der Waals surface area (Å²) >= 11 is 6.47. The van der Waals surface area contributed by atoms with Crippen LogP contribution in [0.15, 0.2) is 54.7 Å². The van der Waals surface area contributed by atoms with Crippen LogP contribution in [0.2, 0.25) is 5.02 Å². The number of aromatic nitrogens is 3. The Morgan fingerprint density at radius 1 is 1.15 bits per heavy atom. The zero-order valence-corrected chi connectivity index (χ0v) is 15.3. The van der Waals surface area contributed by atoms with Gasteiger partial charge < -0.3 is 4.98 Å². The van der Waals surface area contributed by atoms with E-state index < -0.39 is 0 Å². The number of hydrogen-bond acceptors (Lipinski definition) is 2. The standard InChI is InChI=1S/C21H18ClFN4/c22-16-5-3-6-17(23)19(16)21-20-15(14-4-1-2-7-18(14)25-20)9-11-27(21)12-13-8-10-24-26-13/h1-8,10,21,25H,9,11-12H2,(H,24,26)/t21-/m0/s1. The third-order valence-electron chi connectivity index (χ3n) is 5.34. The maximum atomic E-state index is 14.9. The second kappa shape index (κ2) is 6.51. The van der Waals surface area contributed by atoms with Crippen molar-refractivity contribution in [1.29, 1.82) is 0 Å². The van der Waals surface area contributed by atoms with Crippen LogP contribution >= 0.6 is 11.6 Å². The van der Waals surface area contributed by atoms with Crippen LogP contribution in [-0.2, 0) is 13.0 Å². The lowest BCUT2D eigenvalue weighted by molar-refractivity contribution is 0.196. The summed E-state index contributed by atoms with van der Waals surface area (Å²) in [6, 6.07) is 14.8. The van der Waals surface area contributed by atoms with Crippen molar-refractivity contribution in [3.63, 3.8) is 0 Å². The molecular weight excluding hydrogens is 363 g/mol. The predicted octanol–water partition coefficient (Wildman–Crippen LogP) is 4.83. The Balaban J connectivity index is 1.70. The molecule has 0 radical (unpaired) electrons. The Bertz CT molecular complexity index is 1080. The van der Waals surface area contributed by atoms with Crippen molar-refractivity contribution < 1.29 is 4.39 Å². The maximum absolute atomic E-state index is 14.9. The molecule has 2 N–H and O–H groups in total. The summed E-state index contributed by atoms with van der Waals surface area (Å²) in [5.74, 6) is -0.284. The molecule has 0 spiro atoms. The van der Waals surface area contributed by atoms with Crippen molar-refractivity contribution in [1.82, 2.24) is 20.1 Å². The van der Waals surface area contributed by atoms with Crippen molar-refractivity contribution in [2.45, 2.75) is 19.0 Å². The van der Waals surface area contributed by atoms with Gasteiger partial charge in [0.2, 0.25) is 0 Å². The van der Waals surface area contributed by atoms with Gasteiger partial charge in [0.25, 0.3) is 0 Å². The second-order valence-corrected chi connectivity index (χ2v) is 7.31. The normalized spacial score (nSPS) is 17.3. The smallest absolute Gasteiger partial charge is 0.129 e. The average molecular weight is 381 g/mol. The van der Waals surface area contributed by atoms with Gasteiger partial charge in [0.1, 0.15) is 5.82 Å². The van der Waals surface area contributed by atoms with E-state index in [1.807, 2.05) is 18.2 Å². The van der Waals surface area contributed by atoms with E-state index in [2.05, 4.69) is 32.2 Å². The van der Waals surface area contributed by atoms with Crippen LogP contribution in [-0.4, -0.2) is 26.6 Å². The van der Waals surface area contributed by atoms with Gasteiger partial charge in [-0.3, -0.25) is 10.00 Å². The van der Waals surface area contributed by atoms with Gasteiger partial charge in [-0.1, -0.05) is 35.9 Å². The van der Waals surface area contributed by atoms with Crippen molar-refractivity contribution in [2.75, 3.05) is 6.54 Å². The number of hydrogen-bond donors (Lipinski definition) is 2. The molecule has 2 aromatic carbocycles. The highest BCUT2D eigenvalue weighted by Crippen LogP contribution is 2.42. The number of benzene rings is 2. The second-order valence-electron chi connectivity index (χ2n) is 6.90. The lowest BCUT2D eigenvalue weighted by Gasteiger charge is -2.36. The third-order valence-corrected chi connectivity index (χ3v) is 5.67. The first-order valence-corrected chi connectivity index (χ1v) is 9.36. The lowest BCUT2D eigenvalue weighted by atomic mass is 9.92. The van der Waals surface area contributed by atoms with Gasteiger partial charge in [0.05, 0.1) is 6.04 Å².